The van der Waals surface area contributed by atoms with Crippen molar-refractivity contribution in [2.24, 2.45) is 5.73 Å². The number of hydrogen-bond donors (Lipinski definition) is 2. The molecular formula is C16H18BrNO. The Morgan fingerprint density at radius 1 is 1.05 bits per heavy atom. The molecule has 2 nitrogen and oxygen atoms in total. The van der Waals surface area contributed by atoms with Crippen LogP contribution in [0.5, 0.6) is 0 Å². The summed E-state index contributed by atoms with van der Waals surface area (Å²) in [6.45, 7) is 2.41. The van der Waals surface area contributed by atoms with E-state index in [0.717, 1.165) is 21.2 Å². The third-order valence-corrected chi connectivity index (χ3v) is 4.17. The van der Waals surface area contributed by atoms with Crippen LogP contribution in [-0.2, 0) is 0 Å². The van der Waals surface area contributed by atoms with Crippen molar-refractivity contribution in [2.45, 2.75) is 18.9 Å². The van der Waals surface area contributed by atoms with Crippen LogP contribution in [0.15, 0.2) is 53.0 Å². The molecule has 0 aliphatic carbocycles. The SMILES string of the molecule is Cc1ccccc1C(O)C(CN)c1ccccc1Br. The van der Waals surface area contributed by atoms with Gasteiger partial charge < -0.3 is 10.8 Å². The molecule has 2 unspecified atom stereocenters. The fourth-order valence-corrected chi connectivity index (χ4v) is 2.92. The zero-order valence-corrected chi connectivity index (χ0v) is 12.5. The number of aryl methyl sites for hydroxylation is 1. The molecule has 0 aliphatic heterocycles. The van der Waals surface area contributed by atoms with E-state index in [1.165, 1.54) is 0 Å². The zero-order chi connectivity index (χ0) is 13.8. The molecule has 0 amide bonds. The largest absolute Gasteiger partial charge is 0.388 e. The third-order valence-electron chi connectivity index (χ3n) is 3.45. The van der Waals surface area contributed by atoms with Gasteiger partial charge in [0.15, 0.2) is 0 Å². The van der Waals surface area contributed by atoms with Gasteiger partial charge in [0.05, 0.1) is 6.10 Å². The molecule has 0 saturated carbocycles. The number of benzene rings is 2. The second kappa shape index (κ2) is 6.33. The van der Waals surface area contributed by atoms with E-state index in [-0.39, 0.29) is 5.92 Å². The van der Waals surface area contributed by atoms with E-state index in [1.807, 2.05) is 55.5 Å². The molecule has 2 atom stereocenters. The highest BCUT2D eigenvalue weighted by atomic mass is 79.9. The smallest absolute Gasteiger partial charge is 0.0873 e. The molecule has 100 valence electrons. The fraction of sp³-hybridized carbons (Fsp3) is 0.250. The molecule has 0 heterocycles. The second-order valence-electron chi connectivity index (χ2n) is 4.67. The topological polar surface area (TPSA) is 46.2 Å². The fourth-order valence-electron chi connectivity index (χ4n) is 2.34. The first-order chi connectivity index (χ1) is 9.15. The van der Waals surface area contributed by atoms with Gasteiger partial charge in [0.2, 0.25) is 0 Å². The maximum Gasteiger partial charge on any atom is 0.0873 e. The molecule has 0 bridgehead atoms. The lowest BCUT2D eigenvalue weighted by Crippen LogP contribution is -2.21. The summed E-state index contributed by atoms with van der Waals surface area (Å²) in [6, 6.07) is 15.8. The summed E-state index contributed by atoms with van der Waals surface area (Å²) in [5, 5.41) is 10.6. The Labute approximate surface area is 122 Å². The predicted octanol–water partition coefficient (Wildman–Crippen LogP) is 3.53. The first-order valence-corrected chi connectivity index (χ1v) is 7.12. The van der Waals surface area contributed by atoms with E-state index in [4.69, 9.17) is 5.73 Å². The minimum atomic E-state index is -0.593. The van der Waals surface area contributed by atoms with Crippen molar-refractivity contribution >= 4 is 15.9 Å². The summed E-state index contributed by atoms with van der Waals surface area (Å²) in [6.07, 6.45) is -0.593. The van der Waals surface area contributed by atoms with Crippen LogP contribution in [0.3, 0.4) is 0 Å². The van der Waals surface area contributed by atoms with Crippen LogP contribution in [0.4, 0.5) is 0 Å². The number of hydrogen-bond acceptors (Lipinski definition) is 2. The number of aliphatic hydroxyl groups is 1. The first kappa shape index (κ1) is 14.3. The highest BCUT2D eigenvalue weighted by Gasteiger charge is 2.24. The molecule has 3 heteroatoms. The average molecular weight is 320 g/mol. The van der Waals surface area contributed by atoms with Crippen LogP contribution < -0.4 is 5.73 Å². The summed E-state index contributed by atoms with van der Waals surface area (Å²) in [4.78, 5) is 0. The van der Waals surface area contributed by atoms with Crippen molar-refractivity contribution in [3.05, 3.63) is 69.7 Å². The number of rotatable bonds is 4. The van der Waals surface area contributed by atoms with Crippen molar-refractivity contribution < 1.29 is 5.11 Å². The molecule has 3 N–H and O–H groups in total. The Balaban J connectivity index is 2.38. The number of nitrogens with two attached hydrogens (primary N) is 1. The van der Waals surface area contributed by atoms with Crippen LogP contribution in [0.2, 0.25) is 0 Å². The van der Waals surface area contributed by atoms with Crippen molar-refractivity contribution in [3.8, 4) is 0 Å². The number of aliphatic hydroxyl groups excluding tert-OH is 1. The van der Waals surface area contributed by atoms with Gasteiger partial charge >= 0.3 is 0 Å². The first-order valence-electron chi connectivity index (χ1n) is 6.33. The Morgan fingerprint density at radius 3 is 2.21 bits per heavy atom. The molecule has 0 spiro atoms. The van der Waals surface area contributed by atoms with Crippen molar-refractivity contribution in [3.63, 3.8) is 0 Å². The van der Waals surface area contributed by atoms with Gasteiger partial charge in [-0.25, -0.2) is 0 Å². The quantitative estimate of drug-likeness (QED) is 0.905. The normalized spacial score (nSPS) is 14.1. The van der Waals surface area contributed by atoms with E-state index in [9.17, 15) is 5.11 Å². The Hall–Kier alpha value is -1.16. The zero-order valence-electron chi connectivity index (χ0n) is 10.9. The van der Waals surface area contributed by atoms with Crippen LogP contribution in [0, 0.1) is 6.92 Å². The maximum absolute atomic E-state index is 10.6. The minimum absolute atomic E-state index is 0.114. The van der Waals surface area contributed by atoms with Crippen molar-refractivity contribution in [1.82, 2.24) is 0 Å². The summed E-state index contributed by atoms with van der Waals surface area (Å²) in [5.74, 6) is -0.114. The Bertz CT molecular complexity index is 556. The van der Waals surface area contributed by atoms with Crippen LogP contribution in [0.25, 0.3) is 0 Å². The lowest BCUT2D eigenvalue weighted by atomic mass is 9.87. The summed E-state index contributed by atoms with van der Waals surface area (Å²) in [5.41, 5.74) is 8.95. The molecule has 2 aromatic carbocycles. The lowest BCUT2D eigenvalue weighted by Gasteiger charge is -2.24. The molecule has 0 fully saturated rings. The highest BCUT2D eigenvalue weighted by molar-refractivity contribution is 9.10. The molecule has 0 saturated heterocycles. The highest BCUT2D eigenvalue weighted by Crippen LogP contribution is 2.35. The van der Waals surface area contributed by atoms with Crippen LogP contribution >= 0.6 is 15.9 Å². The summed E-state index contributed by atoms with van der Waals surface area (Å²) in [7, 11) is 0. The van der Waals surface area contributed by atoms with Gasteiger partial charge in [0.25, 0.3) is 0 Å². The predicted molar refractivity (Wildman–Crippen MR) is 82.1 cm³/mol. The van der Waals surface area contributed by atoms with E-state index in [2.05, 4.69) is 15.9 Å². The maximum atomic E-state index is 10.6. The van der Waals surface area contributed by atoms with Gasteiger partial charge in [-0.1, -0.05) is 58.4 Å². The standard InChI is InChI=1S/C16H18BrNO/c1-11-6-2-3-7-12(11)16(19)14(10-18)13-8-4-5-9-15(13)17/h2-9,14,16,19H,10,18H2,1H3. The van der Waals surface area contributed by atoms with Gasteiger partial charge in [0.1, 0.15) is 0 Å². The van der Waals surface area contributed by atoms with E-state index < -0.39 is 6.10 Å². The lowest BCUT2D eigenvalue weighted by molar-refractivity contribution is 0.146. The van der Waals surface area contributed by atoms with Crippen molar-refractivity contribution in [2.75, 3.05) is 6.54 Å². The summed E-state index contributed by atoms with van der Waals surface area (Å²) < 4.78 is 0.984. The van der Waals surface area contributed by atoms with Gasteiger partial charge in [-0.15, -0.1) is 0 Å². The average Bonchev–Trinajstić information content (AvgIpc) is 2.42. The molecule has 0 aromatic heterocycles. The minimum Gasteiger partial charge on any atom is -0.388 e. The Morgan fingerprint density at radius 2 is 1.63 bits per heavy atom. The van der Waals surface area contributed by atoms with Crippen LogP contribution in [0.1, 0.15) is 28.7 Å². The monoisotopic (exact) mass is 319 g/mol. The van der Waals surface area contributed by atoms with Gasteiger partial charge in [-0.2, -0.15) is 0 Å². The molecule has 0 aliphatic rings. The Kier molecular flexibility index (Phi) is 4.75. The molecule has 2 aromatic rings. The van der Waals surface area contributed by atoms with Crippen molar-refractivity contribution in [1.29, 1.82) is 0 Å². The molecular weight excluding hydrogens is 302 g/mol. The van der Waals surface area contributed by atoms with Gasteiger partial charge in [-0.3, -0.25) is 0 Å². The van der Waals surface area contributed by atoms with Gasteiger partial charge in [-0.05, 0) is 29.7 Å². The third kappa shape index (κ3) is 3.06. The van der Waals surface area contributed by atoms with E-state index in [0.29, 0.717) is 6.54 Å². The molecule has 2 rings (SSSR count). The molecule has 0 radical (unpaired) electrons. The molecule has 19 heavy (non-hydrogen) atoms. The summed E-state index contributed by atoms with van der Waals surface area (Å²) >= 11 is 3.53. The van der Waals surface area contributed by atoms with Crippen LogP contribution in [-0.4, -0.2) is 11.7 Å². The second-order valence-corrected chi connectivity index (χ2v) is 5.52. The number of halogens is 1. The van der Waals surface area contributed by atoms with E-state index in [1.54, 1.807) is 0 Å². The van der Waals surface area contributed by atoms with Gasteiger partial charge in [0, 0.05) is 16.9 Å². The van der Waals surface area contributed by atoms with E-state index >= 15 is 0 Å².